The number of hydrogen-bond acceptors (Lipinski definition) is 1. The molecule has 0 atom stereocenters. The third-order valence-electron chi connectivity index (χ3n) is 4.07. The zero-order chi connectivity index (χ0) is 15.1. The van der Waals surface area contributed by atoms with E-state index in [1.165, 1.54) is 5.56 Å². The van der Waals surface area contributed by atoms with E-state index in [-0.39, 0.29) is 0 Å². The third-order valence-corrected chi connectivity index (χ3v) is 4.07. The van der Waals surface area contributed by atoms with E-state index in [9.17, 15) is 0 Å². The van der Waals surface area contributed by atoms with E-state index in [0.29, 0.717) is 12.4 Å². The molecule has 1 N–H and O–H groups in total. The lowest BCUT2D eigenvalue weighted by atomic mass is 10.1. The molecule has 0 aliphatic heterocycles. The van der Waals surface area contributed by atoms with Crippen LogP contribution in [0.2, 0.25) is 0 Å². The molecule has 0 bridgehead atoms. The van der Waals surface area contributed by atoms with E-state index in [1.807, 2.05) is 43.3 Å². The highest BCUT2D eigenvalue weighted by molar-refractivity contribution is 5.85. The van der Waals surface area contributed by atoms with Gasteiger partial charge in [0.25, 0.3) is 0 Å². The van der Waals surface area contributed by atoms with E-state index in [4.69, 9.17) is 5.73 Å². The Bertz CT molecular complexity index is 982. The molecule has 2 aromatic carbocycles. The van der Waals surface area contributed by atoms with Crippen molar-refractivity contribution in [1.82, 2.24) is 15.3 Å². The highest BCUT2D eigenvalue weighted by Gasteiger charge is 2.10. The summed E-state index contributed by atoms with van der Waals surface area (Å²) in [6, 6.07) is 20.4. The molecule has 107 valence electrons. The average Bonchev–Trinajstić information content (AvgIpc) is 2.83. The van der Waals surface area contributed by atoms with Crippen molar-refractivity contribution in [3.8, 4) is 0 Å². The lowest BCUT2D eigenvalue weighted by Gasteiger charge is -2.11. The van der Waals surface area contributed by atoms with Gasteiger partial charge >= 0.3 is 0 Å². The van der Waals surface area contributed by atoms with Gasteiger partial charge in [-0.15, -0.1) is 0 Å². The van der Waals surface area contributed by atoms with Crippen LogP contribution < -0.4 is 5.73 Å². The second kappa shape index (κ2) is 4.88. The summed E-state index contributed by atoms with van der Waals surface area (Å²) in [5.41, 5.74) is 12.6. The Morgan fingerprint density at radius 1 is 1.00 bits per heavy atom. The normalized spacial score (nSPS) is 11.3. The fourth-order valence-electron chi connectivity index (χ4n) is 3.08. The maximum atomic E-state index is 8.26. The molecule has 4 rings (SSSR count). The number of hydrogen-bond donors (Lipinski definition) is 0. The van der Waals surface area contributed by atoms with Crippen molar-refractivity contribution in [2.24, 2.45) is 0 Å². The zero-order valence-electron chi connectivity index (χ0n) is 12.4. The summed E-state index contributed by atoms with van der Waals surface area (Å²) in [6.07, 6.45) is 0. The largest absolute Gasteiger partial charge is 0.322 e. The number of aromatic nitrogens is 2. The Balaban J connectivity index is 1.91. The molecule has 0 unspecified atom stereocenters. The summed E-state index contributed by atoms with van der Waals surface area (Å²) < 4.78 is 2.05. The first-order chi connectivity index (χ1) is 10.7. The number of fused-ring (bicyclic) bond motifs is 2. The average molecular weight is 286 g/mol. The maximum Gasteiger partial charge on any atom is 0.126 e. The molecule has 0 saturated carbocycles. The first-order valence-corrected chi connectivity index (χ1v) is 7.37. The Morgan fingerprint density at radius 2 is 1.77 bits per heavy atom. The fourth-order valence-corrected chi connectivity index (χ4v) is 3.08. The van der Waals surface area contributed by atoms with Crippen LogP contribution in [0, 0.1) is 6.92 Å². The van der Waals surface area contributed by atoms with Crippen LogP contribution in [0.1, 0.15) is 11.3 Å². The van der Waals surface area contributed by atoms with Crippen molar-refractivity contribution in [2.75, 3.05) is 0 Å². The summed E-state index contributed by atoms with van der Waals surface area (Å²) >= 11 is 0. The van der Waals surface area contributed by atoms with Crippen LogP contribution in [0.3, 0.4) is 0 Å². The SMILES string of the molecule is Cc1cc(Cn2c([NH])cc3ccccc32)c2ccccc2n1. The van der Waals surface area contributed by atoms with Crippen LogP contribution >= 0.6 is 0 Å². The first-order valence-electron chi connectivity index (χ1n) is 7.37. The van der Waals surface area contributed by atoms with Crippen LogP contribution in [0.25, 0.3) is 21.8 Å². The monoisotopic (exact) mass is 286 g/mol. The van der Waals surface area contributed by atoms with Gasteiger partial charge in [-0.2, -0.15) is 0 Å². The number of para-hydroxylation sites is 2. The second-order valence-electron chi connectivity index (χ2n) is 5.61. The molecule has 0 amide bonds. The predicted octanol–water partition coefficient (Wildman–Crippen LogP) is 4.46. The van der Waals surface area contributed by atoms with Gasteiger partial charge in [0.2, 0.25) is 0 Å². The molecule has 2 aromatic heterocycles. The third kappa shape index (κ3) is 2.02. The number of nitrogens with zero attached hydrogens (tertiary/aromatic N) is 2. The number of pyridine rings is 1. The molecule has 1 radical (unpaired) electrons. The van der Waals surface area contributed by atoms with Gasteiger partial charge in [-0.05, 0) is 36.8 Å². The van der Waals surface area contributed by atoms with Gasteiger partial charge in [0.05, 0.1) is 17.6 Å². The summed E-state index contributed by atoms with van der Waals surface area (Å²) in [4.78, 5) is 4.59. The summed E-state index contributed by atoms with van der Waals surface area (Å²) in [5.74, 6) is 0.541. The Labute approximate surface area is 129 Å². The van der Waals surface area contributed by atoms with Crippen LogP contribution in [-0.4, -0.2) is 9.55 Å². The standard InChI is InChI=1S/C19H16N3/c1-13-10-15(16-7-3-4-8-17(16)21-13)12-22-18-9-5-2-6-14(18)11-19(22)20/h2-11,20H,12H2,1H3. The molecule has 0 aliphatic carbocycles. The summed E-state index contributed by atoms with van der Waals surface area (Å²) in [5, 5.41) is 2.27. The topological polar surface area (TPSA) is 41.6 Å². The molecule has 4 aromatic rings. The van der Waals surface area contributed by atoms with E-state index in [1.54, 1.807) is 0 Å². The molecular weight excluding hydrogens is 270 g/mol. The quantitative estimate of drug-likeness (QED) is 0.536. The van der Waals surface area contributed by atoms with E-state index < -0.39 is 0 Å². The highest BCUT2D eigenvalue weighted by atomic mass is 15.0. The molecule has 22 heavy (non-hydrogen) atoms. The summed E-state index contributed by atoms with van der Waals surface area (Å²) in [7, 11) is 0. The highest BCUT2D eigenvalue weighted by Crippen LogP contribution is 2.26. The predicted molar refractivity (Wildman–Crippen MR) is 90.3 cm³/mol. The molecule has 0 saturated heterocycles. The van der Waals surface area contributed by atoms with Gasteiger partial charge in [-0.25, -0.2) is 0 Å². The fraction of sp³-hybridized carbons (Fsp3) is 0.105. The maximum absolute atomic E-state index is 8.26. The van der Waals surface area contributed by atoms with Crippen LogP contribution in [0.15, 0.2) is 60.7 Å². The molecule has 3 heteroatoms. The van der Waals surface area contributed by atoms with Crippen molar-refractivity contribution in [2.45, 2.75) is 13.5 Å². The second-order valence-corrected chi connectivity index (χ2v) is 5.61. The number of rotatable bonds is 2. The minimum atomic E-state index is 0.541. The van der Waals surface area contributed by atoms with Crippen LogP contribution in [-0.2, 0) is 6.54 Å². The molecular formula is C19H16N3. The molecule has 0 spiro atoms. The van der Waals surface area contributed by atoms with E-state index >= 15 is 0 Å². The number of nitrogens with one attached hydrogen (secondary N) is 1. The molecule has 0 aliphatic rings. The smallest absolute Gasteiger partial charge is 0.126 e. The summed E-state index contributed by atoms with van der Waals surface area (Å²) in [6.45, 7) is 2.71. The van der Waals surface area contributed by atoms with Crippen LogP contribution in [0.5, 0.6) is 0 Å². The van der Waals surface area contributed by atoms with Gasteiger partial charge in [0.15, 0.2) is 0 Å². The zero-order valence-corrected chi connectivity index (χ0v) is 12.4. The van der Waals surface area contributed by atoms with E-state index in [2.05, 4.69) is 33.8 Å². The molecule has 2 heterocycles. The molecule has 3 nitrogen and oxygen atoms in total. The molecule has 0 fully saturated rings. The van der Waals surface area contributed by atoms with Gasteiger partial charge in [-0.1, -0.05) is 36.4 Å². The van der Waals surface area contributed by atoms with Crippen molar-refractivity contribution >= 4 is 27.6 Å². The minimum Gasteiger partial charge on any atom is -0.322 e. The van der Waals surface area contributed by atoms with Gasteiger partial charge < -0.3 is 4.57 Å². The van der Waals surface area contributed by atoms with Crippen molar-refractivity contribution in [3.63, 3.8) is 0 Å². The minimum absolute atomic E-state index is 0.541. The van der Waals surface area contributed by atoms with Gasteiger partial charge in [-0.3, -0.25) is 10.7 Å². The Morgan fingerprint density at radius 3 is 2.68 bits per heavy atom. The Kier molecular flexibility index (Phi) is 2.86. The Hall–Kier alpha value is -2.81. The lowest BCUT2D eigenvalue weighted by Crippen LogP contribution is -2.02. The van der Waals surface area contributed by atoms with Crippen LogP contribution in [0.4, 0.5) is 5.82 Å². The number of aryl methyl sites for hydroxylation is 1. The lowest BCUT2D eigenvalue weighted by molar-refractivity contribution is 0.837. The van der Waals surface area contributed by atoms with Gasteiger partial charge in [0.1, 0.15) is 5.82 Å². The van der Waals surface area contributed by atoms with Gasteiger partial charge in [0, 0.05) is 16.5 Å². The first kappa shape index (κ1) is 12.9. The van der Waals surface area contributed by atoms with Crippen molar-refractivity contribution in [1.29, 1.82) is 0 Å². The number of benzene rings is 2. The van der Waals surface area contributed by atoms with Crippen molar-refractivity contribution in [3.05, 3.63) is 71.9 Å². The van der Waals surface area contributed by atoms with E-state index in [0.717, 1.165) is 27.5 Å². The van der Waals surface area contributed by atoms with Crippen molar-refractivity contribution < 1.29 is 0 Å².